The van der Waals surface area contributed by atoms with Crippen LogP contribution in [-0.4, -0.2) is 19.0 Å². The molecule has 15 heavy (non-hydrogen) atoms. The summed E-state index contributed by atoms with van der Waals surface area (Å²) in [7, 11) is 1.73. The van der Waals surface area contributed by atoms with Crippen molar-refractivity contribution in [2.24, 2.45) is 0 Å². The maximum absolute atomic E-state index is 5.80. The molecule has 0 bridgehead atoms. The van der Waals surface area contributed by atoms with E-state index in [1.807, 2.05) is 30.3 Å². The van der Waals surface area contributed by atoms with Crippen LogP contribution in [-0.2, 0) is 4.74 Å². The molecule has 3 heteroatoms. The van der Waals surface area contributed by atoms with Crippen molar-refractivity contribution < 1.29 is 4.74 Å². The molecule has 0 saturated heterocycles. The van der Waals surface area contributed by atoms with E-state index in [0.29, 0.717) is 0 Å². The largest absolute Gasteiger partial charge is 0.380 e. The topological polar surface area (TPSA) is 9.23 Å². The molecule has 0 aliphatic carbocycles. The molecule has 82 valence electrons. The van der Waals surface area contributed by atoms with Gasteiger partial charge in [-0.15, -0.1) is 18.3 Å². The van der Waals surface area contributed by atoms with Crippen LogP contribution >= 0.6 is 23.4 Å². The van der Waals surface area contributed by atoms with Gasteiger partial charge in [-0.3, -0.25) is 0 Å². The second-order valence-electron chi connectivity index (χ2n) is 3.15. The van der Waals surface area contributed by atoms with Crippen molar-refractivity contribution in [1.82, 2.24) is 0 Å². The molecule has 0 radical (unpaired) electrons. The lowest BCUT2D eigenvalue weighted by Gasteiger charge is -2.12. The zero-order valence-corrected chi connectivity index (χ0v) is 10.4. The van der Waals surface area contributed by atoms with Gasteiger partial charge in [0, 0.05) is 22.8 Å². The fraction of sp³-hybridized carbons (Fsp3) is 0.333. The molecule has 0 spiro atoms. The van der Waals surface area contributed by atoms with Crippen molar-refractivity contribution >= 4 is 23.4 Å². The van der Waals surface area contributed by atoms with E-state index in [2.05, 4.69) is 6.58 Å². The van der Waals surface area contributed by atoms with Crippen LogP contribution in [0.4, 0.5) is 0 Å². The van der Waals surface area contributed by atoms with E-state index in [0.717, 1.165) is 17.2 Å². The predicted octanol–water partition coefficient (Wildman–Crippen LogP) is 4.02. The van der Waals surface area contributed by atoms with E-state index in [1.54, 1.807) is 18.9 Å². The van der Waals surface area contributed by atoms with Crippen molar-refractivity contribution in [2.45, 2.75) is 17.4 Å². The number of rotatable bonds is 6. The van der Waals surface area contributed by atoms with Gasteiger partial charge in [-0.1, -0.05) is 17.7 Å². The van der Waals surface area contributed by atoms with Gasteiger partial charge >= 0.3 is 0 Å². The fourth-order valence-corrected chi connectivity index (χ4v) is 2.24. The van der Waals surface area contributed by atoms with Crippen LogP contribution in [0.2, 0.25) is 5.02 Å². The molecule has 1 unspecified atom stereocenters. The van der Waals surface area contributed by atoms with E-state index in [4.69, 9.17) is 16.3 Å². The molecule has 1 atom stereocenters. The minimum Gasteiger partial charge on any atom is -0.380 e. The summed E-state index contributed by atoms with van der Waals surface area (Å²) in [6.07, 6.45) is 3.01. The minimum atomic E-state index is 0.239. The molecular weight excluding hydrogens is 228 g/mol. The molecule has 0 aliphatic rings. The highest BCUT2D eigenvalue weighted by atomic mass is 35.5. The highest BCUT2D eigenvalue weighted by molar-refractivity contribution is 7.99. The highest BCUT2D eigenvalue weighted by Crippen LogP contribution is 2.22. The van der Waals surface area contributed by atoms with Crippen LogP contribution in [0.3, 0.4) is 0 Å². The molecule has 1 rings (SSSR count). The molecule has 0 aliphatic heterocycles. The lowest BCUT2D eigenvalue weighted by Crippen LogP contribution is -2.12. The Kier molecular flexibility index (Phi) is 5.84. The quantitative estimate of drug-likeness (QED) is 0.550. The summed E-state index contributed by atoms with van der Waals surface area (Å²) in [6, 6.07) is 7.85. The van der Waals surface area contributed by atoms with E-state index in [1.165, 1.54) is 4.90 Å². The number of hydrogen-bond donors (Lipinski definition) is 0. The third-order valence-electron chi connectivity index (χ3n) is 2.01. The number of benzene rings is 1. The molecule has 0 heterocycles. The Hall–Kier alpha value is -0.440. The summed E-state index contributed by atoms with van der Waals surface area (Å²) in [4.78, 5) is 1.21. The highest BCUT2D eigenvalue weighted by Gasteiger charge is 2.05. The SMILES string of the molecule is C=CCC(CSc1ccc(Cl)cc1)OC. The average Bonchev–Trinajstić information content (AvgIpc) is 2.26. The first-order valence-electron chi connectivity index (χ1n) is 4.78. The number of ether oxygens (including phenoxy) is 1. The minimum absolute atomic E-state index is 0.239. The summed E-state index contributed by atoms with van der Waals surface area (Å²) < 4.78 is 5.32. The summed E-state index contributed by atoms with van der Waals surface area (Å²) in [5.41, 5.74) is 0. The van der Waals surface area contributed by atoms with Crippen LogP contribution in [0.25, 0.3) is 0 Å². The summed E-state index contributed by atoms with van der Waals surface area (Å²) in [6.45, 7) is 3.71. The Morgan fingerprint density at radius 1 is 1.47 bits per heavy atom. The van der Waals surface area contributed by atoms with Gasteiger partial charge in [-0.05, 0) is 30.7 Å². The van der Waals surface area contributed by atoms with Gasteiger partial charge in [0.2, 0.25) is 0 Å². The van der Waals surface area contributed by atoms with Crippen LogP contribution in [0.5, 0.6) is 0 Å². The second-order valence-corrected chi connectivity index (χ2v) is 4.68. The first-order valence-corrected chi connectivity index (χ1v) is 6.14. The van der Waals surface area contributed by atoms with Crippen LogP contribution in [0.1, 0.15) is 6.42 Å². The molecule has 0 fully saturated rings. The third-order valence-corrected chi connectivity index (χ3v) is 3.41. The zero-order valence-electron chi connectivity index (χ0n) is 8.78. The molecule has 1 aromatic rings. The molecule has 0 aromatic heterocycles. The number of methoxy groups -OCH3 is 1. The van der Waals surface area contributed by atoms with Crippen LogP contribution in [0.15, 0.2) is 41.8 Å². The Labute approximate surface area is 100 Å². The predicted molar refractivity (Wildman–Crippen MR) is 67.8 cm³/mol. The second kappa shape index (κ2) is 6.94. The van der Waals surface area contributed by atoms with Gasteiger partial charge in [0.15, 0.2) is 0 Å². The van der Waals surface area contributed by atoms with Gasteiger partial charge in [0.25, 0.3) is 0 Å². The molecular formula is C12H15ClOS. The van der Waals surface area contributed by atoms with Crippen molar-refractivity contribution in [2.75, 3.05) is 12.9 Å². The Balaban J connectivity index is 2.41. The van der Waals surface area contributed by atoms with Gasteiger partial charge in [0.05, 0.1) is 6.10 Å². The Morgan fingerprint density at radius 2 is 2.13 bits per heavy atom. The van der Waals surface area contributed by atoms with Gasteiger partial charge in [-0.25, -0.2) is 0 Å². The van der Waals surface area contributed by atoms with Crippen LogP contribution < -0.4 is 0 Å². The average molecular weight is 243 g/mol. The van der Waals surface area contributed by atoms with E-state index in [-0.39, 0.29) is 6.10 Å². The molecule has 1 aromatic carbocycles. The first kappa shape index (κ1) is 12.6. The summed E-state index contributed by atoms with van der Waals surface area (Å²) in [5.74, 6) is 0.935. The first-order chi connectivity index (χ1) is 7.26. The molecule has 0 amide bonds. The van der Waals surface area contributed by atoms with Gasteiger partial charge in [-0.2, -0.15) is 0 Å². The molecule has 0 N–H and O–H groups in total. The normalized spacial score (nSPS) is 12.4. The van der Waals surface area contributed by atoms with E-state index in [9.17, 15) is 0 Å². The molecule has 0 saturated carbocycles. The van der Waals surface area contributed by atoms with E-state index < -0.39 is 0 Å². The summed E-state index contributed by atoms with van der Waals surface area (Å²) in [5, 5.41) is 0.772. The van der Waals surface area contributed by atoms with Crippen LogP contribution in [0, 0.1) is 0 Å². The maximum atomic E-state index is 5.80. The van der Waals surface area contributed by atoms with Gasteiger partial charge < -0.3 is 4.74 Å². The zero-order chi connectivity index (χ0) is 11.1. The smallest absolute Gasteiger partial charge is 0.0699 e. The van der Waals surface area contributed by atoms with Crippen molar-refractivity contribution in [1.29, 1.82) is 0 Å². The van der Waals surface area contributed by atoms with Crippen molar-refractivity contribution in [3.63, 3.8) is 0 Å². The van der Waals surface area contributed by atoms with E-state index >= 15 is 0 Å². The monoisotopic (exact) mass is 242 g/mol. The third kappa shape index (κ3) is 4.74. The maximum Gasteiger partial charge on any atom is 0.0699 e. The van der Waals surface area contributed by atoms with Gasteiger partial charge in [0.1, 0.15) is 0 Å². The fourth-order valence-electron chi connectivity index (χ4n) is 1.14. The number of halogens is 1. The number of thioether (sulfide) groups is 1. The molecule has 1 nitrogen and oxygen atoms in total. The standard InChI is InChI=1S/C12H15ClOS/c1-3-4-11(14-2)9-15-12-7-5-10(13)6-8-12/h3,5-8,11H,1,4,9H2,2H3. The van der Waals surface area contributed by atoms with Crippen molar-refractivity contribution in [3.8, 4) is 0 Å². The number of hydrogen-bond acceptors (Lipinski definition) is 2. The summed E-state index contributed by atoms with van der Waals surface area (Å²) >= 11 is 7.57. The lowest BCUT2D eigenvalue weighted by atomic mass is 10.3. The Bertz CT molecular complexity index is 297. The Morgan fingerprint density at radius 3 is 2.67 bits per heavy atom. The van der Waals surface area contributed by atoms with Crippen molar-refractivity contribution in [3.05, 3.63) is 41.9 Å². The lowest BCUT2D eigenvalue weighted by molar-refractivity contribution is 0.125.